The second kappa shape index (κ2) is 5.01. The number of allylic oxidation sites excluding steroid dienone is 2. The van der Waals surface area contributed by atoms with E-state index in [2.05, 4.69) is 12.2 Å². The first-order chi connectivity index (χ1) is 11.1. The molecule has 6 heteroatoms. The van der Waals surface area contributed by atoms with Gasteiger partial charge in [0.05, 0.1) is 23.3 Å². The lowest BCUT2D eigenvalue weighted by Gasteiger charge is -2.38. The van der Waals surface area contributed by atoms with Gasteiger partial charge in [0.2, 0.25) is 11.8 Å². The van der Waals surface area contributed by atoms with Crippen molar-refractivity contribution in [1.82, 2.24) is 4.90 Å². The second-order valence-electron chi connectivity index (χ2n) is 6.53. The number of benzene rings is 1. The molecule has 1 saturated carbocycles. The monoisotopic (exact) mass is 312 g/mol. The van der Waals surface area contributed by atoms with Crippen LogP contribution in [-0.4, -0.2) is 21.6 Å². The highest BCUT2D eigenvalue weighted by Crippen LogP contribution is 2.49. The van der Waals surface area contributed by atoms with Crippen LogP contribution in [0.4, 0.5) is 5.69 Å². The van der Waals surface area contributed by atoms with E-state index in [4.69, 9.17) is 0 Å². The summed E-state index contributed by atoms with van der Waals surface area (Å²) in [5.74, 6) is -0.213. The summed E-state index contributed by atoms with van der Waals surface area (Å²) in [6.45, 7) is 0.197. The average molecular weight is 312 g/mol. The van der Waals surface area contributed by atoms with Gasteiger partial charge in [-0.2, -0.15) is 0 Å². The number of rotatable bonds is 3. The summed E-state index contributed by atoms with van der Waals surface area (Å²) in [5.41, 5.74) is 0.736. The zero-order valence-corrected chi connectivity index (χ0v) is 12.4. The van der Waals surface area contributed by atoms with Gasteiger partial charge >= 0.3 is 0 Å². The van der Waals surface area contributed by atoms with E-state index in [9.17, 15) is 19.7 Å². The van der Waals surface area contributed by atoms with Crippen molar-refractivity contribution in [3.63, 3.8) is 0 Å². The molecule has 6 nitrogen and oxygen atoms in total. The quantitative estimate of drug-likeness (QED) is 0.371. The van der Waals surface area contributed by atoms with Crippen molar-refractivity contribution in [1.29, 1.82) is 0 Å². The minimum atomic E-state index is -0.464. The Balaban J connectivity index is 1.57. The van der Waals surface area contributed by atoms with E-state index in [0.29, 0.717) is 0 Å². The molecule has 3 aliphatic carbocycles. The van der Waals surface area contributed by atoms with Crippen LogP contribution in [0.25, 0.3) is 0 Å². The molecule has 1 heterocycles. The van der Waals surface area contributed by atoms with Crippen molar-refractivity contribution in [2.45, 2.75) is 19.4 Å². The van der Waals surface area contributed by atoms with Crippen molar-refractivity contribution in [3.8, 4) is 0 Å². The number of nitrogens with zero attached hydrogens (tertiary/aromatic N) is 2. The molecule has 2 fully saturated rings. The predicted molar refractivity (Wildman–Crippen MR) is 81.0 cm³/mol. The van der Waals surface area contributed by atoms with Crippen LogP contribution < -0.4 is 0 Å². The molecule has 4 atom stereocenters. The maximum Gasteiger partial charge on any atom is 0.269 e. The number of hydrogen-bond acceptors (Lipinski definition) is 4. The summed E-state index contributed by atoms with van der Waals surface area (Å²) < 4.78 is 0. The van der Waals surface area contributed by atoms with E-state index in [1.54, 1.807) is 12.1 Å². The molecule has 0 aromatic heterocycles. The maximum absolute atomic E-state index is 12.7. The lowest BCUT2D eigenvalue weighted by molar-refractivity contribution is -0.384. The molecule has 2 amide bonds. The Hall–Kier alpha value is -2.50. The zero-order valence-electron chi connectivity index (χ0n) is 12.4. The lowest BCUT2D eigenvalue weighted by Crippen LogP contribution is -2.38. The average Bonchev–Trinajstić information content (AvgIpc) is 2.83. The van der Waals surface area contributed by atoms with Gasteiger partial charge in [-0.3, -0.25) is 24.6 Å². The molecule has 0 unspecified atom stereocenters. The van der Waals surface area contributed by atoms with Crippen LogP contribution in [0.15, 0.2) is 36.4 Å². The number of carbonyl (C=O) groups excluding carboxylic acids is 2. The molecular formula is C17H16N2O4. The van der Waals surface area contributed by atoms with Crippen LogP contribution in [0.1, 0.15) is 18.4 Å². The summed E-state index contributed by atoms with van der Waals surface area (Å²) >= 11 is 0. The summed E-state index contributed by atoms with van der Waals surface area (Å²) in [6.07, 6.45) is 6.14. The van der Waals surface area contributed by atoms with Crippen molar-refractivity contribution in [3.05, 3.63) is 52.1 Å². The molecule has 1 aromatic carbocycles. The summed E-state index contributed by atoms with van der Waals surface area (Å²) in [4.78, 5) is 36.9. The summed E-state index contributed by atoms with van der Waals surface area (Å²) in [7, 11) is 0. The second-order valence-corrected chi connectivity index (χ2v) is 6.53. The molecular weight excluding hydrogens is 296 g/mol. The molecule has 2 bridgehead atoms. The molecule has 23 heavy (non-hydrogen) atoms. The number of carbonyl (C=O) groups is 2. The van der Waals surface area contributed by atoms with Gasteiger partial charge in [-0.05, 0) is 30.2 Å². The third kappa shape index (κ3) is 2.09. The van der Waals surface area contributed by atoms with Gasteiger partial charge in [-0.25, -0.2) is 0 Å². The topological polar surface area (TPSA) is 80.5 Å². The van der Waals surface area contributed by atoms with Gasteiger partial charge in [-0.1, -0.05) is 24.3 Å². The van der Waals surface area contributed by atoms with Gasteiger partial charge in [0.25, 0.3) is 5.69 Å². The standard InChI is InChI=1S/C17H16N2O4/c20-16-14-11-3-4-12(6-5-11)15(14)17(21)18(16)9-10-1-7-13(8-2-10)19(22)23/h1-4,7-8,11-12,14-15H,5-6,9H2/t11-,12-,14-,15+/m0/s1. The van der Waals surface area contributed by atoms with E-state index in [1.807, 2.05) is 0 Å². The largest absolute Gasteiger partial charge is 0.278 e. The van der Waals surface area contributed by atoms with Crippen molar-refractivity contribution < 1.29 is 14.5 Å². The Morgan fingerprint density at radius 1 is 1.00 bits per heavy atom. The Labute approximate surface area is 132 Å². The van der Waals surface area contributed by atoms with Crippen molar-refractivity contribution >= 4 is 17.5 Å². The van der Waals surface area contributed by atoms with Crippen LogP contribution >= 0.6 is 0 Å². The fourth-order valence-electron chi connectivity index (χ4n) is 4.20. The zero-order chi connectivity index (χ0) is 16.1. The Morgan fingerprint density at radius 3 is 1.96 bits per heavy atom. The van der Waals surface area contributed by atoms with E-state index >= 15 is 0 Å². The fraction of sp³-hybridized carbons (Fsp3) is 0.412. The highest BCUT2D eigenvalue weighted by molar-refractivity contribution is 6.06. The number of hydrogen-bond donors (Lipinski definition) is 0. The van der Waals surface area contributed by atoms with Crippen LogP contribution in [0, 0.1) is 33.8 Å². The number of nitro benzene ring substituents is 1. The summed E-state index contributed by atoms with van der Waals surface area (Å²) in [5, 5.41) is 10.7. The molecule has 1 aromatic rings. The number of non-ortho nitro benzene ring substituents is 1. The Kier molecular flexibility index (Phi) is 3.07. The summed E-state index contributed by atoms with van der Waals surface area (Å²) in [6, 6.07) is 6.01. The van der Waals surface area contributed by atoms with Gasteiger partial charge in [-0.15, -0.1) is 0 Å². The molecule has 0 spiro atoms. The maximum atomic E-state index is 12.7. The van der Waals surface area contributed by atoms with E-state index < -0.39 is 4.92 Å². The smallest absolute Gasteiger partial charge is 0.269 e. The number of nitro groups is 1. The SMILES string of the molecule is O=C1[C@@H]2[C@H](C(=O)N1Cc1ccc([N+](=O)[O-])cc1)[C@H]1C=C[C@H]2CC1. The first-order valence-electron chi connectivity index (χ1n) is 7.83. The van der Waals surface area contributed by atoms with E-state index in [-0.39, 0.29) is 47.7 Å². The third-order valence-corrected chi connectivity index (χ3v) is 5.34. The number of imide groups is 1. The number of amides is 2. The van der Waals surface area contributed by atoms with Crippen LogP contribution in [0.2, 0.25) is 0 Å². The van der Waals surface area contributed by atoms with Crippen LogP contribution in [0.3, 0.4) is 0 Å². The predicted octanol–water partition coefficient (Wildman–Crippen LogP) is 2.29. The molecule has 118 valence electrons. The van der Waals surface area contributed by atoms with Crippen molar-refractivity contribution in [2.24, 2.45) is 23.7 Å². The fourth-order valence-corrected chi connectivity index (χ4v) is 4.20. The van der Waals surface area contributed by atoms with E-state index in [1.165, 1.54) is 17.0 Å². The normalized spacial score (nSPS) is 31.6. The highest BCUT2D eigenvalue weighted by Gasteiger charge is 2.56. The van der Waals surface area contributed by atoms with Gasteiger partial charge in [0.15, 0.2) is 0 Å². The number of likely N-dealkylation sites (tertiary alicyclic amines) is 1. The van der Waals surface area contributed by atoms with Gasteiger partial charge < -0.3 is 0 Å². The molecule has 4 aliphatic rings. The Morgan fingerprint density at radius 2 is 1.52 bits per heavy atom. The van der Waals surface area contributed by atoms with Gasteiger partial charge in [0.1, 0.15) is 0 Å². The first kappa shape index (κ1) is 14.1. The van der Waals surface area contributed by atoms with Crippen LogP contribution in [0.5, 0.6) is 0 Å². The van der Waals surface area contributed by atoms with E-state index in [0.717, 1.165) is 18.4 Å². The highest BCUT2D eigenvalue weighted by atomic mass is 16.6. The molecule has 5 rings (SSSR count). The lowest BCUT2D eigenvalue weighted by atomic mass is 9.63. The Bertz CT molecular complexity index is 693. The van der Waals surface area contributed by atoms with Crippen LogP contribution in [-0.2, 0) is 16.1 Å². The molecule has 0 N–H and O–H groups in total. The number of fused-ring (bicyclic) bond motifs is 1. The molecule has 1 saturated heterocycles. The third-order valence-electron chi connectivity index (χ3n) is 5.34. The minimum Gasteiger partial charge on any atom is -0.278 e. The molecule has 0 radical (unpaired) electrons. The molecule has 1 aliphatic heterocycles. The van der Waals surface area contributed by atoms with Gasteiger partial charge in [0, 0.05) is 12.1 Å². The van der Waals surface area contributed by atoms with Crippen molar-refractivity contribution in [2.75, 3.05) is 0 Å². The minimum absolute atomic E-state index is 0.00346. The first-order valence-corrected chi connectivity index (χ1v) is 7.83.